The first kappa shape index (κ1) is 17.4. The van der Waals surface area contributed by atoms with E-state index in [0.717, 1.165) is 19.4 Å². The normalized spacial score (nSPS) is 19.1. The number of hydrogen-bond acceptors (Lipinski definition) is 5. The minimum atomic E-state index is -0.492. The molecule has 0 aromatic rings. The van der Waals surface area contributed by atoms with Gasteiger partial charge in [0.15, 0.2) is 0 Å². The van der Waals surface area contributed by atoms with Crippen molar-refractivity contribution in [1.29, 1.82) is 0 Å². The number of piperidine rings is 1. The number of carbonyl (C=O) groups excluding carboxylic acids is 3. The minimum absolute atomic E-state index is 0.0269. The van der Waals surface area contributed by atoms with E-state index < -0.39 is 6.03 Å². The number of nitrogens with zero attached hydrogens (tertiary/aromatic N) is 1. The molecular weight excluding hydrogens is 274 g/mol. The zero-order valence-corrected chi connectivity index (χ0v) is 13.0. The molecular formula is C14H25N3O4. The molecule has 0 aliphatic carbocycles. The zero-order chi connectivity index (χ0) is 15.8. The number of imide groups is 1. The number of amides is 3. The average molecular weight is 299 g/mol. The third kappa shape index (κ3) is 6.57. The van der Waals surface area contributed by atoms with Gasteiger partial charge in [-0.05, 0) is 40.2 Å². The molecule has 1 heterocycles. The fourth-order valence-corrected chi connectivity index (χ4v) is 2.32. The third-order valence-corrected chi connectivity index (χ3v) is 3.17. The summed E-state index contributed by atoms with van der Waals surface area (Å²) in [6.45, 7) is 7.14. The van der Waals surface area contributed by atoms with Crippen LogP contribution in [0, 0.1) is 5.92 Å². The second-order valence-corrected chi connectivity index (χ2v) is 5.50. The second kappa shape index (κ2) is 8.61. The van der Waals surface area contributed by atoms with E-state index >= 15 is 0 Å². The van der Waals surface area contributed by atoms with Gasteiger partial charge in [-0.25, -0.2) is 4.79 Å². The zero-order valence-electron chi connectivity index (χ0n) is 13.0. The standard InChI is InChI=1S/C14H25N3O4/c1-4-21-13(19)11-6-5-7-17(8-11)9-12(18)16-14(20)15-10(2)3/h10-11H,4-9H2,1-3H3,(H2,15,16,18,20)/t11-/m1/s1. The number of urea groups is 1. The van der Waals surface area contributed by atoms with Gasteiger partial charge in [-0.2, -0.15) is 0 Å². The van der Waals surface area contributed by atoms with E-state index in [1.165, 1.54) is 0 Å². The van der Waals surface area contributed by atoms with E-state index in [-0.39, 0.29) is 30.4 Å². The van der Waals surface area contributed by atoms with Crippen LogP contribution >= 0.6 is 0 Å². The van der Waals surface area contributed by atoms with Gasteiger partial charge in [0, 0.05) is 12.6 Å². The molecule has 1 fully saturated rings. The molecule has 0 unspecified atom stereocenters. The highest BCUT2D eigenvalue weighted by atomic mass is 16.5. The van der Waals surface area contributed by atoms with Crippen molar-refractivity contribution < 1.29 is 19.1 Å². The highest BCUT2D eigenvalue weighted by Crippen LogP contribution is 2.17. The topological polar surface area (TPSA) is 87.7 Å². The van der Waals surface area contributed by atoms with Gasteiger partial charge in [0.25, 0.3) is 0 Å². The first-order valence-electron chi connectivity index (χ1n) is 7.41. The van der Waals surface area contributed by atoms with Crippen LogP contribution in [0.5, 0.6) is 0 Å². The summed E-state index contributed by atoms with van der Waals surface area (Å²) < 4.78 is 5.01. The molecule has 0 spiro atoms. The summed E-state index contributed by atoms with van der Waals surface area (Å²) in [5.41, 5.74) is 0. The van der Waals surface area contributed by atoms with Gasteiger partial charge in [0.1, 0.15) is 0 Å². The summed E-state index contributed by atoms with van der Waals surface area (Å²) >= 11 is 0. The van der Waals surface area contributed by atoms with E-state index in [0.29, 0.717) is 13.2 Å². The van der Waals surface area contributed by atoms with Crippen LogP contribution in [-0.4, -0.2) is 55.1 Å². The molecule has 1 rings (SSSR count). The highest BCUT2D eigenvalue weighted by Gasteiger charge is 2.27. The number of likely N-dealkylation sites (tertiary alicyclic amines) is 1. The Morgan fingerprint density at radius 3 is 2.67 bits per heavy atom. The Hall–Kier alpha value is -1.63. The Kier molecular flexibility index (Phi) is 7.14. The third-order valence-electron chi connectivity index (χ3n) is 3.17. The number of hydrogen-bond donors (Lipinski definition) is 2. The maximum atomic E-state index is 11.8. The van der Waals surface area contributed by atoms with Crippen molar-refractivity contribution in [1.82, 2.24) is 15.5 Å². The molecule has 2 N–H and O–H groups in total. The first-order chi connectivity index (χ1) is 9.92. The predicted molar refractivity (Wildman–Crippen MR) is 77.6 cm³/mol. The Morgan fingerprint density at radius 2 is 2.05 bits per heavy atom. The molecule has 21 heavy (non-hydrogen) atoms. The number of nitrogens with one attached hydrogen (secondary N) is 2. The largest absolute Gasteiger partial charge is 0.466 e. The molecule has 0 bridgehead atoms. The molecule has 1 atom stereocenters. The van der Waals surface area contributed by atoms with Crippen LogP contribution in [0.3, 0.4) is 0 Å². The van der Waals surface area contributed by atoms with Crippen molar-refractivity contribution in [2.75, 3.05) is 26.2 Å². The summed E-state index contributed by atoms with van der Waals surface area (Å²) in [6, 6.07) is -0.519. The second-order valence-electron chi connectivity index (χ2n) is 5.50. The summed E-state index contributed by atoms with van der Waals surface area (Å²) in [6.07, 6.45) is 1.62. The van der Waals surface area contributed by atoms with Gasteiger partial charge in [0.2, 0.25) is 5.91 Å². The van der Waals surface area contributed by atoms with Gasteiger partial charge in [-0.3, -0.25) is 19.8 Å². The Bertz CT molecular complexity index is 384. The van der Waals surface area contributed by atoms with Crippen LogP contribution in [0.25, 0.3) is 0 Å². The lowest BCUT2D eigenvalue weighted by Gasteiger charge is -2.30. The van der Waals surface area contributed by atoms with Gasteiger partial charge in [-0.1, -0.05) is 0 Å². The molecule has 0 saturated carbocycles. The minimum Gasteiger partial charge on any atom is -0.466 e. The molecule has 0 aromatic heterocycles. The first-order valence-corrected chi connectivity index (χ1v) is 7.41. The van der Waals surface area contributed by atoms with Crippen molar-refractivity contribution in [3.8, 4) is 0 Å². The SMILES string of the molecule is CCOC(=O)[C@@H]1CCCN(CC(=O)NC(=O)NC(C)C)C1. The summed E-state index contributed by atoms with van der Waals surface area (Å²) in [7, 11) is 0. The van der Waals surface area contributed by atoms with Crippen molar-refractivity contribution in [3.63, 3.8) is 0 Å². The predicted octanol–water partition coefficient (Wildman–Crippen LogP) is 0.496. The lowest BCUT2D eigenvalue weighted by atomic mass is 9.98. The van der Waals surface area contributed by atoms with Crippen LogP contribution < -0.4 is 10.6 Å². The van der Waals surface area contributed by atoms with E-state index in [9.17, 15) is 14.4 Å². The van der Waals surface area contributed by atoms with E-state index in [2.05, 4.69) is 10.6 Å². The van der Waals surface area contributed by atoms with Gasteiger partial charge >= 0.3 is 12.0 Å². The van der Waals surface area contributed by atoms with Crippen molar-refractivity contribution in [2.24, 2.45) is 5.92 Å². The fourth-order valence-electron chi connectivity index (χ4n) is 2.32. The monoisotopic (exact) mass is 299 g/mol. The molecule has 1 aliphatic rings. The number of carbonyl (C=O) groups is 3. The molecule has 7 nitrogen and oxygen atoms in total. The molecule has 0 aromatic carbocycles. The number of rotatable bonds is 5. The van der Waals surface area contributed by atoms with Crippen LogP contribution in [0.4, 0.5) is 4.79 Å². The van der Waals surface area contributed by atoms with Crippen LogP contribution in [0.2, 0.25) is 0 Å². The smallest absolute Gasteiger partial charge is 0.321 e. The van der Waals surface area contributed by atoms with Crippen LogP contribution in [-0.2, 0) is 14.3 Å². The number of ether oxygens (including phenoxy) is 1. The molecule has 120 valence electrons. The van der Waals surface area contributed by atoms with E-state index in [1.54, 1.807) is 6.92 Å². The summed E-state index contributed by atoms with van der Waals surface area (Å²) in [5, 5.41) is 4.87. The van der Waals surface area contributed by atoms with Crippen LogP contribution in [0.15, 0.2) is 0 Å². The lowest BCUT2D eigenvalue weighted by Crippen LogP contribution is -2.48. The van der Waals surface area contributed by atoms with E-state index in [1.807, 2.05) is 18.7 Å². The Balaban J connectivity index is 2.38. The van der Waals surface area contributed by atoms with E-state index in [4.69, 9.17) is 4.74 Å². The maximum Gasteiger partial charge on any atom is 0.321 e. The fraction of sp³-hybridized carbons (Fsp3) is 0.786. The Morgan fingerprint density at radius 1 is 1.33 bits per heavy atom. The molecule has 0 radical (unpaired) electrons. The number of esters is 1. The van der Waals surface area contributed by atoms with Gasteiger partial charge < -0.3 is 10.1 Å². The van der Waals surface area contributed by atoms with Crippen molar-refractivity contribution in [3.05, 3.63) is 0 Å². The highest BCUT2D eigenvalue weighted by molar-refractivity contribution is 5.95. The average Bonchev–Trinajstić information content (AvgIpc) is 2.37. The summed E-state index contributed by atoms with van der Waals surface area (Å²) in [4.78, 5) is 36.8. The maximum absolute atomic E-state index is 11.8. The Labute approximate surface area is 125 Å². The van der Waals surface area contributed by atoms with Gasteiger partial charge in [-0.15, -0.1) is 0 Å². The van der Waals surface area contributed by atoms with Crippen LogP contribution in [0.1, 0.15) is 33.6 Å². The molecule has 3 amide bonds. The lowest BCUT2D eigenvalue weighted by molar-refractivity contribution is -0.150. The summed E-state index contributed by atoms with van der Waals surface area (Å²) in [5.74, 6) is -0.756. The quantitative estimate of drug-likeness (QED) is 0.722. The van der Waals surface area contributed by atoms with Crippen molar-refractivity contribution >= 4 is 17.9 Å². The molecule has 1 saturated heterocycles. The molecule has 1 aliphatic heterocycles. The van der Waals surface area contributed by atoms with Crippen molar-refractivity contribution in [2.45, 2.75) is 39.7 Å². The molecule has 7 heteroatoms. The van der Waals surface area contributed by atoms with Gasteiger partial charge in [0.05, 0.1) is 19.1 Å².